The number of aromatic nitrogens is 2. The Morgan fingerprint density at radius 2 is 2.23 bits per heavy atom. The smallest absolute Gasteiger partial charge is 0.231 e. The molecule has 5 rings (SSSR count). The monoisotopic (exact) mass is 433 g/mol. The molecule has 0 spiro atoms. The number of aliphatic imine (C=N–C) groups is 1. The van der Waals surface area contributed by atoms with Crippen LogP contribution >= 0.6 is 11.3 Å². The summed E-state index contributed by atoms with van der Waals surface area (Å²) >= 11 is 1.39. The highest BCUT2D eigenvalue weighted by molar-refractivity contribution is 7.16. The predicted octanol–water partition coefficient (Wildman–Crippen LogP) is 4.64. The molecule has 3 aromatic rings. The van der Waals surface area contributed by atoms with Crippen LogP contribution in [0.25, 0.3) is 11.6 Å². The van der Waals surface area contributed by atoms with Gasteiger partial charge in [-0.05, 0) is 62.4 Å². The Morgan fingerprint density at radius 1 is 1.32 bits per heavy atom. The number of nitrogens with one attached hydrogen (secondary N) is 1. The summed E-state index contributed by atoms with van der Waals surface area (Å²) in [6.07, 6.45) is 6.66. The van der Waals surface area contributed by atoms with Gasteiger partial charge in [-0.1, -0.05) is 11.3 Å². The molecular formula is C23H23N5O2S. The minimum atomic E-state index is -0.00583. The maximum atomic E-state index is 10.3. The van der Waals surface area contributed by atoms with Gasteiger partial charge in [-0.3, -0.25) is 0 Å². The van der Waals surface area contributed by atoms with Gasteiger partial charge in [0, 0.05) is 42.3 Å². The van der Waals surface area contributed by atoms with Crippen molar-refractivity contribution in [2.75, 3.05) is 25.5 Å². The number of benzene rings is 1. The summed E-state index contributed by atoms with van der Waals surface area (Å²) in [6.45, 7) is 4.06. The molecule has 0 saturated carbocycles. The van der Waals surface area contributed by atoms with Crippen LogP contribution in [0.15, 0.2) is 41.5 Å². The molecule has 31 heavy (non-hydrogen) atoms. The highest BCUT2D eigenvalue weighted by Gasteiger charge is 2.21. The van der Waals surface area contributed by atoms with Gasteiger partial charge in [0.05, 0.1) is 4.88 Å². The number of allylic oxidation sites excluding steroid dienone is 1. The number of likely N-dealkylation sites (tertiary alicyclic amines) is 1. The topological polar surface area (TPSA) is 82.9 Å². The zero-order valence-corrected chi connectivity index (χ0v) is 18.2. The van der Waals surface area contributed by atoms with E-state index in [-0.39, 0.29) is 12.0 Å². The van der Waals surface area contributed by atoms with Crippen LogP contribution in [0.2, 0.25) is 0 Å². The number of anilines is 2. The zero-order chi connectivity index (χ0) is 21.4. The van der Waals surface area contributed by atoms with Crippen molar-refractivity contribution in [2.45, 2.75) is 19.4 Å². The van der Waals surface area contributed by atoms with Crippen LogP contribution in [0.4, 0.5) is 16.6 Å². The largest absolute Gasteiger partial charge is 0.492 e. The Kier molecular flexibility index (Phi) is 5.17. The van der Waals surface area contributed by atoms with Crippen LogP contribution in [0.3, 0.4) is 0 Å². The standard InChI is InChI=1S/C23H23N5O2S/c1-14-10-16(30-17-7-9-28(2)13-17)5-6-19(14)26-23-27-22(29)20(31-23)11-15-12-25-21-18(15)4-3-8-24-21/h3-6,8,10-12,17,29H,7,9,13H2,1-2H3,(H,26,27)/b15-11+. The van der Waals surface area contributed by atoms with Crippen LogP contribution in [0, 0.1) is 6.92 Å². The first kappa shape index (κ1) is 19.7. The molecule has 1 aromatic carbocycles. The number of hydrogen-bond donors (Lipinski definition) is 2. The van der Waals surface area contributed by atoms with Crippen LogP contribution in [-0.2, 0) is 0 Å². The van der Waals surface area contributed by atoms with E-state index < -0.39 is 0 Å². The Labute approximate surface area is 184 Å². The molecule has 2 aromatic heterocycles. The summed E-state index contributed by atoms with van der Waals surface area (Å²) in [5, 5.41) is 14.3. The number of thiazole rings is 1. The Hall–Kier alpha value is -3.23. The first-order valence-corrected chi connectivity index (χ1v) is 11.0. The summed E-state index contributed by atoms with van der Waals surface area (Å²) in [7, 11) is 2.12. The molecule has 1 fully saturated rings. The third kappa shape index (κ3) is 4.17. The quantitative estimate of drug-likeness (QED) is 0.610. The number of pyridine rings is 1. The average molecular weight is 434 g/mol. The highest BCUT2D eigenvalue weighted by Crippen LogP contribution is 2.37. The van der Waals surface area contributed by atoms with Crippen molar-refractivity contribution >= 4 is 45.8 Å². The average Bonchev–Trinajstić information content (AvgIpc) is 3.44. The molecule has 1 atom stereocenters. The number of nitrogens with zero attached hydrogens (tertiary/aromatic N) is 4. The van der Waals surface area contributed by atoms with Gasteiger partial charge in [0.1, 0.15) is 11.9 Å². The molecule has 0 amide bonds. The summed E-state index contributed by atoms with van der Waals surface area (Å²) in [4.78, 5) is 15.8. The molecule has 0 bridgehead atoms. The van der Waals surface area contributed by atoms with E-state index in [1.54, 1.807) is 12.4 Å². The fourth-order valence-corrected chi connectivity index (χ4v) is 4.63. The maximum absolute atomic E-state index is 10.3. The molecule has 2 N–H and O–H groups in total. The first-order valence-electron chi connectivity index (χ1n) is 10.2. The van der Waals surface area contributed by atoms with Crippen LogP contribution in [0.5, 0.6) is 11.6 Å². The van der Waals surface area contributed by atoms with Gasteiger partial charge < -0.3 is 20.1 Å². The second-order valence-corrected chi connectivity index (χ2v) is 8.86. The highest BCUT2D eigenvalue weighted by atomic mass is 32.1. The van der Waals surface area contributed by atoms with Gasteiger partial charge in [0.25, 0.3) is 0 Å². The number of hydrogen-bond acceptors (Lipinski definition) is 8. The summed E-state index contributed by atoms with van der Waals surface area (Å²) in [5.41, 5.74) is 3.84. The van der Waals surface area contributed by atoms with Crippen molar-refractivity contribution in [1.29, 1.82) is 0 Å². The third-order valence-electron chi connectivity index (χ3n) is 5.43. The summed E-state index contributed by atoms with van der Waals surface area (Å²) in [6, 6.07) is 9.85. The lowest BCUT2D eigenvalue weighted by molar-refractivity contribution is 0.208. The number of aryl methyl sites for hydroxylation is 1. The molecule has 7 nitrogen and oxygen atoms in total. The second kappa shape index (κ2) is 8.13. The number of fused-ring (bicyclic) bond motifs is 1. The molecule has 0 aliphatic carbocycles. The van der Waals surface area contributed by atoms with Crippen molar-refractivity contribution in [3.63, 3.8) is 0 Å². The van der Waals surface area contributed by atoms with E-state index in [1.807, 2.05) is 43.3 Å². The fourth-order valence-electron chi connectivity index (χ4n) is 3.80. The Balaban J connectivity index is 1.31. The maximum Gasteiger partial charge on any atom is 0.231 e. The van der Waals surface area contributed by atoms with Crippen LogP contribution < -0.4 is 10.1 Å². The van der Waals surface area contributed by atoms with Gasteiger partial charge in [-0.25, -0.2) is 9.98 Å². The summed E-state index contributed by atoms with van der Waals surface area (Å²) < 4.78 is 6.11. The molecule has 2 aliphatic heterocycles. The van der Waals surface area contributed by atoms with Crippen molar-refractivity contribution in [3.05, 3.63) is 52.5 Å². The van der Waals surface area contributed by atoms with E-state index in [9.17, 15) is 5.11 Å². The molecule has 1 unspecified atom stereocenters. The minimum Gasteiger partial charge on any atom is -0.492 e. The third-order valence-corrected chi connectivity index (χ3v) is 6.34. The SMILES string of the molecule is Cc1cc(OC2CCN(C)C2)ccc1Nc1nc(O)c(/C=C2\C=Nc3ncccc32)s1. The van der Waals surface area contributed by atoms with Crippen LogP contribution in [-0.4, -0.2) is 52.4 Å². The van der Waals surface area contributed by atoms with Crippen LogP contribution in [0.1, 0.15) is 22.4 Å². The van der Waals surface area contributed by atoms with Crippen molar-refractivity contribution in [1.82, 2.24) is 14.9 Å². The second-order valence-electron chi connectivity index (χ2n) is 7.83. The molecule has 2 aliphatic rings. The fraction of sp³-hybridized carbons (Fsp3) is 0.261. The number of aromatic hydroxyl groups is 1. The number of ether oxygens (including phenoxy) is 1. The van der Waals surface area contributed by atoms with Crippen molar-refractivity contribution in [2.24, 2.45) is 4.99 Å². The predicted molar refractivity (Wildman–Crippen MR) is 125 cm³/mol. The minimum absolute atomic E-state index is 0.00583. The van der Waals surface area contributed by atoms with Gasteiger partial charge in [0.2, 0.25) is 5.88 Å². The van der Waals surface area contributed by atoms with Crippen molar-refractivity contribution in [3.8, 4) is 11.6 Å². The van der Waals surface area contributed by atoms with E-state index in [2.05, 4.69) is 32.2 Å². The molecule has 8 heteroatoms. The Bertz CT molecular complexity index is 1190. The normalized spacial score (nSPS) is 19.2. The lowest BCUT2D eigenvalue weighted by atomic mass is 10.1. The van der Waals surface area contributed by atoms with Gasteiger partial charge in [-0.2, -0.15) is 4.98 Å². The van der Waals surface area contributed by atoms with E-state index in [0.29, 0.717) is 15.8 Å². The van der Waals surface area contributed by atoms with Gasteiger partial charge >= 0.3 is 0 Å². The molecule has 1 saturated heterocycles. The lowest BCUT2D eigenvalue weighted by Gasteiger charge is -2.15. The molecule has 158 valence electrons. The first-order chi connectivity index (χ1) is 15.0. The number of likely N-dealkylation sites (N-methyl/N-ethyl adjacent to an activating group) is 1. The van der Waals surface area contributed by atoms with E-state index in [0.717, 1.165) is 47.6 Å². The van der Waals surface area contributed by atoms with Gasteiger partial charge in [-0.15, -0.1) is 0 Å². The molecular weight excluding hydrogens is 410 g/mol. The van der Waals surface area contributed by atoms with Gasteiger partial charge in [0.15, 0.2) is 10.9 Å². The molecule has 4 heterocycles. The van der Waals surface area contributed by atoms with E-state index in [1.165, 1.54) is 11.3 Å². The molecule has 0 radical (unpaired) electrons. The number of rotatable bonds is 5. The van der Waals surface area contributed by atoms with E-state index >= 15 is 0 Å². The lowest BCUT2D eigenvalue weighted by Crippen LogP contribution is -2.21. The van der Waals surface area contributed by atoms with E-state index in [4.69, 9.17) is 4.74 Å². The summed E-state index contributed by atoms with van der Waals surface area (Å²) in [5.74, 6) is 1.57. The Morgan fingerprint density at radius 3 is 3.03 bits per heavy atom. The van der Waals surface area contributed by atoms with Crippen molar-refractivity contribution < 1.29 is 9.84 Å². The zero-order valence-electron chi connectivity index (χ0n) is 17.4.